The van der Waals surface area contributed by atoms with Crippen molar-refractivity contribution in [2.75, 3.05) is 25.6 Å². The maximum atomic E-state index is 15.8. The van der Waals surface area contributed by atoms with Gasteiger partial charge in [-0.2, -0.15) is 0 Å². The molecule has 6 rings (SSSR count). The summed E-state index contributed by atoms with van der Waals surface area (Å²) in [5, 5.41) is 0. The fourth-order valence-corrected chi connectivity index (χ4v) is 5.44. The third kappa shape index (κ3) is 4.42. The SMILES string of the molecule is CN(C)c1ncnc2c1ncn2[C@@H]1O[C@H](COC(c2ccccc2)(c2ccccc2)c2ccccc2)[C@@H](N)[C@H]1F. The number of hydrogen-bond acceptors (Lipinski definition) is 7. The summed E-state index contributed by atoms with van der Waals surface area (Å²) in [6.07, 6.45) is -0.251. The summed E-state index contributed by atoms with van der Waals surface area (Å²) >= 11 is 0. The van der Waals surface area contributed by atoms with Crippen molar-refractivity contribution >= 4 is 17.0 Å². The molecule has 0 bridgehead atoms. The highest BCUT2D eigenvalue weighted by molar-refractivity contribution is 5.83. The zero-order chi connectivity index (χ0) is 27.7. The molecule has 1 fully saturated rings. The number of benzene rings is 3. The van der Waals surface area contributed by atoms with Crippen LogP contribution < -0.4 is 10.6 Å². The molecule has 9 heteroatoms. The first-order valence-electron chi connectivity index (χ1n) is 13.2. The van der Waals surface area contributed by atoms with Gasteiger partial charge in [-0.05, 0) is 16.7 Å². The number of hydrogen-bond donors (Lipinski definition) is 1. The number of rotatable bonds is 8. The van der Waals surface area contributed by atoms with Crippen molar-refractivity contribution in [3.63, 3.8) is 0 Å². The average molecular weight is 539 g/mol. The zero-order valence-electron chi connectivity index (χ0n) is 22.3. The Hall–Kier alpha value is -4.18. The summed E-state index contributed by atoms with van der Waals surface area (Å²) in [5.41, 5.74) is 9.34. The van der Waals surface area contributed by atoms with Crippen molar-refractivity contribution in [1.82, 2.24) is 19.5 Å². The van der Waals surface area contributed by atoms with Gasteiger partial charge in [0.1, 0.15) is 18.0 Å². The Morgan fingerprint density at radius 1 is 0.875 bits per heavy atom. The molecule has 8 nitrogen and oxygen atoms in total. The summed E-state index contributed by atoms with van der Waals surface area (Å²) in [4.78, 5) is 14.9. The summed E-state index contributed by atoms with van der Waals surface area (Å²) in [6, 6.07) is 29.1. The van der Waals surface area contributed by atoms with Crippen molar-refractivity contribution in [1.29, 1.82) is 0 Å². The van der Waals surface area contributed by atoms with E-state index in [0.717, 1.165) is 16.7 Å². The quantitative estimate of drug-likeness (QED) is 0.292. The minimum Gasteiger partial charge on any atom is -0.361 e. The van der Waals surface area contributed by atoms with Crippen molar-refractivity contribution in [2.24, 2.45) is 5.73 Å². The molecule has 2 aromatic heterocycles. The van der Waals surface area contributed by atoms with E-state index in [-0.39, 0.29) is 6.61 Å². The Morgan fingerprint density at radius 2 is 1.43 bits per heavy atom. The number of anilines is 1. The summed E-state index contributed by atoms with van der Waals surface area (Å²) in [5.74, 6) is 0.639. The first kappa shape index (κ1) is 26.1. The first-order valence-corrected chi connectivity index (χ1v) is 13.2. The van der Waals surface area contributed by atoms with E-state index in [9.17, 15) is 0 Å². The molecule has 0 saturated carbocycles. The first-order chi connectivity index (χ1) is 19.5. The van der Waals surface area contributed by atoms with Crippen LogP contribution in [0.15, 0.2) is 104 Å². The Morgan fingerprint density at radius 3 is 1.95 bits per heavy atom. The Balaban J connectivity index is 1.35. The number of aromatic nitrogens is 4. The molecule has 40 heavy (non-hydrogen) atoms. The lowest BCUT2D eigenvalue weighted by atomic mass is 9.80. The lowest BCUT2D eigenvalue weighted by Crippen LogP contribution is -2.43. The molecule has 1 aliphatic rings. The fraction of sp³-hybridized carbons (Fsp3) is 0.258. The smallest absolute Gasteiger partial charge is 0.170 e. The molecule has 204 valence electrons. The molecule has 1 saturated heterocycles. The van der Waals surface area contributed by atoms with Crippen LogP contribution in [0.25, 0.3) is 11.2 Å². The monoisotopic (exact) mass is 538 g/mol. The van der Waals surface area contributed by atoms with E-state index in [2.05, 4.69) is 15.0 Å². The second-order valence-electron chi connectivity index (χ2n) is 10.1. The molecule has 1 aliphatic heterocycles. The molecule has 2 N–H and O–H groups in total. The largest absolute Gasteiger partial charge is 0.361 e. The van der Waals surface area contributed by atoms with Gasteiger partial charge in [0.15, 0.2) is 29.4 Å². The topological polar surface area (TPSA) is 91.3 Å². The molecule has 0 spiro atoms. The molecular weight excluding hydrogens is 507 g/mol. The Bertz CT molecular complexity index is 1470. The van der Waals surface area contributed by atoms with E-state index >= 15 is 4.39 Å². The van der Waals surface area contributed by atoms with Crippen molar-refractivity contribution in [3.8, 4) is 0 Å². The van der Waals surface area contributed by atoms with Gasteiger partial charge in [-0.3, -0.25) is 4.57 Å². The minimum atomic E-state index is -1.50. The highest BCUT2D eigenvalue weighted by atomic mass is 19.1. The highest BCUT2D eigenvalue weighted by Crippen LogP contribution is 2.42. The second-order valence-corrected chi connectivity index (χ2v) is 10.1. The van der Waals surface area contributed by atoms with Gasteiger partial charge in [-0.25, -0.2) is 19.3 Å². The van der Waals surface area contributed by atoms with Gasteiger partial charge in [0.2, 0.25) is 0 Å². The number of nitrogens with two attached hydrogens (primary N) is 1. The van der Waals surface area contributed by atoms with Crippen LogP contribution >= 0.6 is 0 Å². The van der Waals surface area contributed by atoms with Gasteiger partial charge in [-0.1, -0.05) is 91.0 Å². The van der Waals surface area contributed by atoms with Crippen molar-refractivity contribution in [3.05, 3.63) is 120 Å². The molecular formula is C31H31FN6O2. The fourth-order valence-electron chi connectivity index (χ4n) is 5.44. The van der Waals surface area contributed by atoms with E-state index in [1.807, 2.05) is 110 Å². The standard InChI is InChI=1S/C31H31FN6O2/c1-37(2)28-27-29(35-19-34-28)38(20-36-27)30-25(32)26(33)24(40-30)18-39-31(21-12-6-3-7-13-21,22-14-8-4-9-15-22)23-16-10-5-11-17-23/h3-17,19-20,24-26,30H,18,33H2,1-2H3/t24-,25-,26-,30-/m1/s1. The molecule has 4 atom stereocenters. The van der Waals surface area contributed by atoms with Crippen LogP contribution in [-0.4, -0.2) is 58.5 Å². The normalized spacial score (nSPS) is 21.1. The van der Waals surface area contributed by atoms with Crippen LogP contribution in [0.4, 0.5) is 10.2 Å². The van der Waals surface area contributed by atoms with Crippen molar-refractivity contribution in [2.45, 2.75) is 30.1 Å². The molecule has 0 amide bonds. The van der Waals surface area contributed by atoms with E-state index in [4.69, 9.17) is 15.2 Å². The third-order valence-electron chi connectivity index (χ3n) is 7.43. The number of ether oxygens (including phenoxy) is 2. The predicted molar refractivity (Wildman–Crippen MR) is 152 cm³/mol. The molecule has 0 unspecified atom stereocenters. The molecule has 3 heterocycles. The second kappa shape index (κ2) is 10.8. The Kier molecular flexibility index (Phi) is 7.02. The van der Waals surface area contributed by atoms with E-state index < -0.39 is 30.1 Å². The van der Waals surface area contributed by atoms with Crippen LogP contribution in [0, 0.1) is 0 Å². The number of halogens is 1. The van der Waals surface area contributed by atoms with Crippen LogP contribution in [0.2, 0.25) is 0 Å². The van der Waals surface area contributed by atoms with E-state index in [1.165, 1.54) is 12.7 Å². The number of fused-ring (bicyclic) bond motifs is 1. The Labute approximate surface area is 232 Å². The van der Waals surface area contributed by atoms with Crippen molar-refractivity contribution < 1.29 is 13.9 Å². The number of imidazole rings is 1. The van der Waals surface area contributed by atoms with Gasteiger partial charge < -0.3 is 20.1 Å². The number of alkyl halides is 1. The molecule has 3 aromatic carbocycles. The van der Waals surface area contributed by atoms with E-state index in [1.54, 1.807) is 4.57 Å². The number of nitrogens with zero attached hydrogens (tertiary/aromatic N) is 5. The summed E-state index contributed by atoms with van der Waals surface area (Å²) in [7, 11) is 3.74. The maximum absolute atomic E-state index is 15.8. The molecule has 0 radical (unpaired) electrons. The predicted octanol–water partition coefficient (Wildman–Crippen LogP) is 4.46. The van der Waals surface area contributed by atoms with Gasteiger partial charge in [-0.15, -0.1) is 0 Å². The molecule has 5 aromatic rings. The van der Waals surface area contributed by atoms with E-state index in [0.29, 0.717) is 17.0 Å². The van der Waals surface area contributed by atoms with Crippen LogP contribution in [-0.2, 0) is 15.1 Å². The lowest BCUT2D eigenvalue weighted by Gasteiger charge is -2.37. The van der Waals surface area contributed by atoms with Gasteiger partial charge in [0.25, 0.3) is 0 Å². The highest BCUT2D eigenvalue weighted by Gasteiger charge is 2.47. The maximum Gasteiger partial charge on any atom is 0.170 e. The van der Waals surface area contributed by atoms with Gasteiger partial charge >= 0.3 is 0 Å². The van der Waals surface area contributed by atoms with Gasteiger partial charge in [0, 0.05) is 14.1 Å². The zero-order valence-corrected chi connectivity index (χ0v) is 22.3. The average Bonchev–Trinajstić information content (AvgIpc) is 3.55. The molecule has 0 aliphatic carbocycles. The summed E-state index contributed by atoms with van der Waals surface area (Å²) in [6.45, 7) is 0.0569. The van der Waals surface area contributed by atoms with Crippen LogP contribution in [0.1, 0.15) is 22.9 Å². The van der Waals surface area contributed by atoms with Crippen LogP contribution in [0.3, 0.4) is 0 Å². The minimum absolute atomic E-state index is 0.0569. The van der Waals surface area contributed by atoms with Crippen LogP contribution in [0.5, 0.6) is 0 Å². The lowest BCUT2D eigenvalue weighted by molar-refractivity contribution is -0.0819. The summed E-state index contributed by atoms with van der Waals surface area (Å²) < 4.78 is 30.5. The van der Waals surface area contributed by atoms with Gasteiger partial charge in [0.05, 0.1) is 19.0 Å². The third-order valence-corrected chi connectivity index (χ3v) is 7.43.